The highest BCUT2D eigenvalue weighted by Gasteiger charge is 2.03. The van der Waals surface area contributed by atoms with Crippen LogP contribution in [0.2, 0.25) is 0 Å². The van der Waals surface area contributed by atoms with Gasteiger partial charge in [0.25, 0.3) is 0 Å². The molecule has 2 heteroatoms. The highest BCUT2D eigenvalue weighted by molar-refractivity contribution is 5.60. The van der Waals surface area contributed by atoms with Crippen LogP contribution < -0.4 is 4.74 Å². The average molecular weight is 438 g/mol. The minimum Gasteiger partial charge on any atom is -0.494 e. The fourth-order valence-corrected chi connectivity index (χ4v) is 4.09. The van der Waals surface area contributed by atoms with E-state index in [1.54, 1.807) is 0 Å². The normalized spacial score (nSPS) is 12.1. The van der Waals surface area contributed by atoms with Gasteiger partial charge < -0.3 is 4.74 Å². The van der Waals surface area contributed by atoms with E-state index in [9.17, 15) is 0 Å². The number of pyridine rings is 1. The molecule has 0 saturated carbocycles. The maximum absolute atomic E-state index is 5.92. The fraction of sp³-hybridized carbons (Fsp3) is 0.633. The number of aromatic nitrogens is 1. The van der Waals surface area contributed by atoms with Crippen molar-refractivity contribution in [3.8, 4) is 17.0 Å². The summed E-state index contributed by atoms with van der Waals surface area (Å²) in [6, 6.07) is 12.8. The number of hydrogen-bond donors (Lipinski definition) is 0. The Kier molecular flexibility index (Phi) is 13.8. The van der Waals surface area contributed by atoms with E-state index in [0.717, 1.165) is 42.4 Å². The lowest BCUT2D eigenvalue weighted by Crippen LogP contribution is -1.98. The highest BCUT2D eigenvalue weighted by Crippen LogP contribution is 2.22. The minimum atomic E-state index is 0.811. The fourth-order valence-electron chi connectivity index (χ4n) is 4.09. The summed E-state index contributed by atoms with van der Waals surface area (Å²) in [7, 11) is 0. The number of unbranched alkanes of at least 4 members (excludes halogenated alkanes) is 9. The van der Waals surface area contributed by atoms with Crippen molar-refractivity contribution >= 4 is 0 Å². The van der Waals surface area contributed by atoms with Crippen LogP contribution in [0.25, 0.3) is 11.3 Å². The van der Waals surface area contributed by atoms with Gasteiger partial charge in [0.2, 0.25) is 0 Å². The second-order valence-electron chi connectivity index (χ2n) is 9.51. The van der Waals surface area contributed by atoms with Gasteiger partial charge in [0.15, 0.2) is 0 Å². The SMILES string of the molecule is CCCCCCCCCCc1ccc(-c2ccc(OCCCCC[C@@H](C)CC)cc2)nc1. The minimum absolute atomic E-state index is 0.811. The Morgan fingerprint density at radius 2 is 1.44 bits per heavy atom. The third kappa shape index (κ3) is 11.2. The van der Waals surface area contributed by atoms with E-state index in [1.807, 2.05) is 0 Å². The molecule has 1 aromatic heterocycles. The number of aryl methyl sites for hydroxylation is 1. The van der Waals surface area contributed by atoms with Crippen molar-refractivity contribution in [2.45, 2.75) is 111 Å². The molecule has 0 amide bonds. The molecule has 2 aromatic rings. The molecule has 32 heavy (non-hydrogen) atoms. The number of hydrogen-bond acceptors (Lipinski definition) is 2. The van der Waals surface area contributed by atoms with E-state index in [4.69, 9.17) is 9.72 Å². The van der Waals surface area contributed by atoms with Gasteiger partial charge in [-0.3, -0.25) is 4.98 Å². The van der Waals surface area contributed by atoms with E-state index in [0.29, 0.717) is 0 Å². The van der Waals surface area contributed by atoms with Gasteiger partial charge in [0.05, 0.1) is 12.3 Å². The summed E-state index contributed by atoms with van der Waals surface area (Å²) in [4.78, 5) is 4.70. The van der Waals surface area contributed by atoms with Crippen LogP contribution in [-0.2, 0) is 6.42 Å². The Labute approximate surface area is 198 Å². The Morgan fingerprint density at radius 3 is 2.09 bits per heavy atom. The van der Waals surface area contributed by atoms with Crippen LogP contribution in [0.4, 0.5) is 0 Å². The van der Waals surface area contributed by atoms with Crippen LogP contribution in [0.15, 0.2) is 42.6 Å². The van der Waals surface area contributed by atoms with Gasteiger partial charge in [-0.2, -0.15) is 0 Å². The summed E-state index contributed by atoms with van der Waals surface area (Å²) in [5.41, 5.74) is 3.55. The van der Waals surface area contributed by atoms with Crippen molar-refractivity contribution in [3.63, 3.8) is 0 Å². The molecule has 0 spiro atoms. The molecule has 2 rings (SSSR count). The van der Waals surface area contributed by atoms with Crippen molar-refractivity contribution in [2.24, 2.45) is 5.92 Å². The highest BCUT2D eigenvalue weighted by atomic mass is 16.5. The molecule has 1 aromatic carbocycles. The molecule has 0 aliphatic rings. The van der Waals surface area contributed by atoms with Crippen LogP contribution in [0.3, 0.4) is 0 Å². The van der Waals surface area contributed by atoms with E-state index in [2.05, 4.69) is 63.4 Å². The molecule has 2 nitrogen and oxygen atoms in total. The molecule has 0 N–H and O–H groups in total. The monoisotopic (exact) mass is 437 g/mol. The summed E-state index contributed by atoms with van der Waals surface area (Å²) in [5.74, 6) is 1.82. The molecule has 0 radical (unpaired) electrons. The number of rotatable bonds is 18. The molecule has 0 unspecified atom stereocenters. The Hall–Kier alpha value is -1.83. The Bertz CT molecular complexity index is 692. The van der Waals surface area contributed by atoms with E-state index < -0.39 is 0 Å². The molecule has 0 fully saturated rings. The molecular weight excluding hydrogens is 390 g/mol. The van der Waals surface area contributed by atoms with E-state index >= 15 is 0 Å². The smallest absolute Gasteiger partial charge is 0.119 e. The van der Waals surface area contributed by atoms with Crippen LogP contribution in [0, 0.1) is 5.92 Å². The summed E-state index contributed by atoms with van der Waals surface area (Å²) in [5, 5.41) is 0. The molecule has 178 valence electrons. The summed E-state index contributed by atoms with van der Waals surface area (Å²) in [6.07, 6.45) is 20.5. The van der Waals surface area contributed by atoms with Gasteiger partial charge in [-0.05, 0) is 61.1 Å². The second-order valence-corrected chi connectivity index (χ2v) is 9.51. The molecular formula is C30H47NO. The molecule has 0 saturated heterocycles. The predicted molar refractivity (Wildman–Crippen MR) is 139 cm³/mol. The van der Waals surface area contributed by atoms with E-state index in [-0.39, 0.29) is 0 Å². The maximum atomic E-state index is 5.92. The Morgan fingerprint density at radius 1 is 0.750 bits per heavy atom. The molecule has 1 atom stereocenters. The van der Waals surface area contributed by atoms with E-state index in [1.165, 1.54) is 82.6 Å². The third-order valence-corrected chi connectivity index (χ3v) is 6.60. The van der Waals surface area contributed by atoms with Gasteiger partial charge in [-0.1, -0.05) is 97.5 Å². The van der Waals surface area contributed by atoms with Gasteiger partial charge in [-0.25, -0.2) is 0 Å². The summed E-state index contributed by atoms with van der Waals surface area (Å²) < 4.78 is 5.92. The molecule has 0 bridgehead atoms. The van der Waals surface area contributed by atoms with Crippen molar-refractivity contribution in [2.75, 3.05) is 6.61 Å². The quantitative estimate of drug-likeness (QED) is 0.217. The molecule has 1 heterocycles. The zero-order valence-electron chi connectivity index (χ0n) is 21.1. The topological polar surface area (TPSA) is 22.1 Å². The Balaban J connectivity index is 1.63. The van der Waals surface area contributed by atoms with Gasteiger partial charge in [0.1, 0.15) is 5.75 Å². The zero-order chi connectivity index (χ0) is 22.9. The molecule has 0 aliphatic carbocycles. The lowest BCUT2D eigenvalue weighted by atomic mass is 10.0. The van der Waals surface area contributed by atoms with Crippen LogP contribution >= 0.6 is 0 Å². The van der Waals surface area contributed by atoms with Crippen LogP contribution in [-0.4, -0.2) is 11.6 Å². The largest absolute Gasteiger partial charge is 0.494 e. The first-order valence-corrected chi connectivity index (χ1v) is 13.4. The third-order valence-electron chi connectivity index (χ3n) is 6.60. The van der Waals surface area contributed by atoms with Crippen molar-refractivity contribution in [1.29, 1.82) is 0 Å². The number of benzene rings is 1. The average Bonchev–Trinajstić information content (AvgIpc) is 2.83. The predicted octanol–water partition coefficient (Wildman–Crippen LogP) is 9.42. The standard InChI is InChI=1S/C30H47NO/c1-4-6-7-8-9-10-11-14-17-27-18-23-30(31-25-27)28-19-21-29(22-20-28)32-24-15-12-13-16-26(3)5-2/h18-23,25-26H,4-17,24H2,1-3H3/t26-/m0/s1. The van der Waals surface area contributed by atoms with Crippen LogP contribution in [0.1, 0.15) is 110 Å². The maximum Gasteiger partial charge on any atom is 0.119 e. The van der Waals surface area contributed by atoms with Crippen molar-refractivity contribution in [1.82, 2.24) is 4.98 Å². The number of nitrogens with zero attached hydrogens (tertiary/aromatic N) is 1. The zero-order valence-corrected chi connectivity index (χ0v) is 21.1. The lowest BCUT2D eigenvalue weighted by Gasteiger charge is -2.09. The summed E-state index contributed by atoms with van der Waals surface area (Å²) in [6.45, 7) is 7.71. The van der Waals surface area contributed by atoms with Gasteiger partial charge in [-0.15, -0.1) is 0 Å². The van der Waals surface area contributed by atoms with Crippen molar-refractivity contribution < 1.29 is 4.74 Å². The van der Waals surface area contributed by atoms with Gasteiger partial charge in [0, 0.05) is 11.8 Å². The summed E-state index contributed by atoms with van der Waals surface area (Å²) >= 11 is 0. The second kappa shape index (κ2) is 16.8. The number of ether oxygens (including phenoxy) is 1. The van der Waals surface area contributed by atoms with Crippen LogP contribution in [0.5, 0.6) is 5.75 Å². The lowest BCUT2D eigenvalue weighted by molar-refractivity contribution is 0.302. The van der Waals surface area contributed by atoms with Crippen molar-refractivity contribution in [3.05, 3.63) is 48.2 Å². The first-order chi connectivity index (χ1) is 15.7. The first kappa shape index (κ1) is 26.4. The first-order valence-electron chi connectivity index (χ1n) is 13.4. The molecule has 0 aliphatic heterocycles. The van der Waals surface area contributed by atoms with Gasteiger partial charge >= 0.3 is 0 Å².